The molecule has 0 fully saturated rings. The second-order valence-corrected chi connectivity index (χ2v) is 5.24. The largest absolute Gasteiger partial charge is 0.493 e. The first-order chi connectivity index (χ1) is 11.5. The Morgan fingerprint density at radius 3 is 2.58 bits per heavy atom. The monoisotopic (exact) mass is 334 g/mol. The van der Waals surface area contributed by atoms with Crippen molar-refractivity contribution in [3.63, 3.8) is 0 Å². The molecule has 0 unspecified atom stereocenters. The molecule has 2 rings (SSSR count). The Balaban J connectivity index is 2.62. The zero-order valence-electron chi connectivity index (χ0n) is 14.5. The molecule has 1 aliphatic rings. The number of allylic oxidation sites excluding steroid dienone is 1. The molecule has 0 aliphatic carbocycles. The normalized spacial score (nSPS) is 17.5. The number of hydrogen-bond acceptors (Lipinski definition) is 5. The smallest absolute Gasteiger partial charge is 0.338 e. The second kappa shape index (κ2) is 7.25. The molecule has 1 aromatic carbocycles. The van der Waals surface area contributed by atoms with E-state index in [-0.39, 0.29) is 12.6 Å². The van der Waals surface area contributed by atoms with Gasteiger partial charge in [-0.15, -0.1) is 0 Å². The number of urea groups is 1. The molecule has 1 aromatic rings. The maximum Gasteiger partial charge on any atom is 0.338 e. The number of benzene rings is 1. The predicted molar refractivity (Wildman–Crippen MR) is 87.9 cm³/mol. The molecule has 1 heterocycles. The number of nitrogens with one attached hydrogen (secondary N) is 1. The van der Waals surface area contributed by atoms with Gasteiger partial charge in [0.1, 0.15) is 0 Å². The van der Waals surface area contributed by atoms with Crippen LogP contribution < -0.4 is 14.8 Å². The van der Waals surface area contributed by atoms with Crippen LogP contribution in [0, 0.1) is 0 Å². The minimum absolute atomic E-state index is 0.245. The standard InChI is InChI=1S/C17H22N2O5/c1-6-24-16(20)13-10(2)19(3)17(21)18-14(13)11-8-7-9-12(22-4)15(11)23-5/h7-9,14H,6H2,1-5H3,(H,18,21)/t14-/m0/s1. The fourth-order valence-corrected chi connectivity index (χ4v) is 2.68. The van der Waals surface area contributed by atoms with Crippen molar-refractivity contribution in [1.29, 1.82) is 0 Å². The number of methoxy groups -OCH3 is 2. The summed E-state index contributed by atoms with van der Waals surface area (Å²) in [6.45, 7) is 3.69. The number of amides is 2. The lowest BCUT2D eigenvalue weighted by atomic mass is 9.94. The number of rotatable bonds is 5. The average molecular weight is 334 g/mol. The summed E-state index contributed by atoms with van der Waals surface area (Å²) in [5.41, 5.74) is 1.53. The summed E-state index contributed by atoms with van der Waals surface area (Å²) in [6.07, 6.45) is 0. The van der Waals surface area contributed by atoms with Crippen molar-refractivity contribution in [3.8, 4) is 11.5 Å². The lowest BCUT2D eigenvalue weighted by molar-refractivity contribution is -0.139. The minimum Gasteiger partial charge on any atom is -0.493 e. The Kier molecular flexibility index (Phi) is 5.33. The molecule has 1 aliphatic heterocycles. The van der Waals surface area contributed by atoms with Gasteiger partial charge in [-0.1, -0.05) is 12.1 Å². The maximum absolute atomic E-state index is 12.5. The van der Waals surface area contributed by atoms with Gasteiger partial charge in [0.2, 0.25) is 0 Å². The van der Waals surface area contributed by atoms with Gasteiger partial charge in [0.15, 0.2) is 11.5 Å². The fourth-order valence-electron chi connectivity index (χ4n) is 2.68. The van der Waals surface area contributed by atoms with E-state index in [2.05, 4.69) is 5.32 Å². The highest BCUT2D eigenvalue weighted by atomic mass is 16.5. The van der Waals surface area contributed by atoms with Gasteiger partial charge in [-0.05, 0) is 19.9 Å². The van der Waals surface area contributed by atoms with Crippen LogP contribution in [0.2, 0.25) is 0 Å². The van der Waals surface area contributed by atoms with Gasteiger partial charge in [-0.3, -0.25) is 0 Å². The molecular weight excluding hydrogens is 312 g/mol. The molecule has 1 N–H and O–H groups in total. The number of esters is 1. The Labute approximate surface area is 141 Å². The molecule has 0 saturated heterocycles. The van der Waals surface area contributed by atoms with Crippen LogP contribution in [-0.2, 0) is 9.53 Å². The molecule has 0 aromatic heterocycles. The molecule has 7 heteroatoms. The van der Waals surface area contributed by atoms with E-state index in [9.17, 15) is 9.59 Å². The summed E-state index contributed by atoms with van der Waals surface area (Å²) in [6, 6.07) is 4.32. The van der Waals surface area contributed by atoms with Crippen molar-refractivity contribution in [1.82, 2.24) is 10.2 Å². The highest BCUT2D eigenvalue weighted by Crippen LogP contribution is 2.40. The third kappa shape index (κ3) is 3.02. The summed E-state index contributed by atoms with van der Waals surface area (Å²) in [4.78, 5) is 26.1. The SMILES string of the molecule is CCOC(=O)C1=C(C)N(C)C(=O)N[C@H]1c1cccc(OC)c1OC. The van der Waals surface area contributed by atoms with Crippen LogP contribution in [0.1, 0.15) is 25.5 Å². The summed E-state index contributed by atoms with van der Waals surface area (Å²) in [7, 11) is 4.64. The van der Waals surface area contributed by atoms with Gasteiger partial charge in [0, 0.05) is 18.3 Å². The summed E-state index contributed by atoms with van der Waals surface area (Å²) in [5, 5.41) is 2.82. The van der Waals surface area contributed by atoms with Crippen LogP contribution in [0.5, 0.6) is 11.5 Å². The minimum atomic E-state index is -0.683. The van der Waals surface area contributed by atoms with Gasteiger partial charge in [-0.2, -0.15) is 0 Å². The van der Waals surface area contributed by atoms with Crippen molar-refractivity contribution >= 4 is 12.0 Å². The van der Waals surface area contributed by atoms with Crippen molar-refractivity contribution < 1.29 is 23.8 Å². The van der Waals surface area contributed by atoms with E-state index >= 15 is 0 Å². The van der Waals surface area contributed by atoms with Gasteiger partial charge in [0.25, 0.3) is 0 Å². The van der Waals surface area contributed by atoms with Crippen molar-refractivity contribution in [3.05, 3.63) is 35.0 Å². The molecule has 0 saturated carbocycles. The van der Waals surface area contributed by atoms with Gasteiger partial charge in [-0.25, -0.2) is 9.59 Å². The first-order valence-electron chi connectivity index (χ1n) is 7.59. The number of nitrogens with zero attached hydrogens (tertiary/aromatic N) is 1. The van der Waals surface area contributed by atoms with Crippen molar-refractivity contribution in [2.75, 3.05) is 27.9 Å². The Morgan fingerprint density at radius 1 is 1.29 bits per heavy atom. The summed E-state index contributed by atoms with van der Waals surface area (Å²) >= 11 is 0. The van der Waals surface area contributed by atoms with E-state index < -0.39 is 12.0 Å². The second-order valence-electron chi connectivity index (χ2n) is 5.24. The van der Waals surface area contributed by atoms with Crippen LogP contribution in [0.4, 0.5) is 4.79 Å². The van der Waals surface area contributed by atoms with Gasteiger partial charge in [0.05, 0.1) is 32.4 Å². The molecular formula is C17H22N2O5. The predicted octanol–water partition coefficient (Wildman–Crippen LogP) is 2.24. The summed E-state index contributed by atoms with van der Waals surface area (Å²) in [5.74, 6) is 0.505. The van der Waals surface area contributed by atoms with Crippen molar-refractivity contribution in [2.45, 2.75) is 19.9 Å². The van der Waals surface area contributed by atoms with Crippen LogP contribution in [0.25, 0.3) is 0 Å². The molecule has 7 nitrogen and oxygen atoms in total. The lowest BCUT2D eigenvalue weighted by Gasteiger charge is -2.33. The van der Waals surface area contributed by atoms with E-state index in [1.807, 2.05) is 0 Å². The third-order valence-corrected chi connectivity index (χ3v) is 3.99. The zero-order chi connectivity index (χ0) is 17.9. The number of carbonyl (C=O) groups is 2. The van der Waals surface area contributed by atoms with Crippen LogP contribution in [0.3, 0.4) is 0 Å². The number of para-hydroxylation sites is 1. The van der Waals surface area contributed by atoms with E-state index in [0.29, 0.717) is 28.3 Å². The summed E-state index contributed by atoms with van der Waals surface area (Å²) < 4.78 is 15.9. The number of ether oxygens (including phenoxy) is 3. The molecule has 0 radical (unpaired) electrons. The third-order valence-electron chi connectivity index (χ3n) is 3.99. The Hall–Kier alpha value is -2.70. The first kappa shape index (κ1) is 17.7. The molecule has 1 atom stereocenters. The average Bonchev–Trinajstić information content (AvgIpc) is 2.58. The Morgan fingerprint density at radius 2 is 2.00 bits per heavy atom. The molecule has 0 spiro atoms. The maximum atomic E-state index is 12.5. The van der Waals surface area contributed by atoms with E-state index in [0.717, 1.165) is 0 Å². The van der Waals surface area contributed by atoms with E-state index in [1.54, 1.807) is 39.1 Å². The highest BCUT2D eigenvalue weighted by molar-refractivity contribution is 5.95. The molecule has 2 amide bonds. The van der Waals surface area contributed by atoms with Gasteiger partial charge < -0.3 is 24.4 Å². The highest BCUT2D eigenvalue weighted by Gasteiger charge is 2.36. The topological polar surface area (TPSA) is 77.1 Å². The van der Waals surface area contributed by atoms with Crippen LogP contribution in [0.15, 0.2) is 29.5 Å². The Bertz CT molecular complexity index is 684. The van der Waals surface area contributed by atoms with E-state index in [4.69, 9.17) is 14.2 Å². The van der Waals surface area contributed by atoms with Crippen LogP contribution >= 0.6 is 0 Å². The van der Waals surface area contributed by atoms with E-state index in [1.165, 1.54) is 19.1 Å². The lowest BCUT2D eigenvalue weighted by Crippen LogP contribution is -2.46. The number of hydrogen-bond donors (Lipinski definition) is 1. The fraction of sp³-hybridized carbons (Fsp3) is 0.412. The first-order valence-corrected chi connectivity index (χ1v) is 7.59. The molecule has 130 valence electrons. The molecule has 0 bridgehead atoms. The quantitative estimate of drug-likeness (QED) is 0.836. The van der Waals surface area contributed by atoms with Gasteiger partial charge >= 0.3 is 12.0 Å². The van der Waals surface area contributed by atoms with Crippen LogP contribution in [-0.4, -0.2) is 44.8 Å². The zero-order valence-corrected chi connectivity index (χ0v) is 14.5. The number of carbonyl (C=O) groups excluding carboxylic acids is 2. The molecule has 24 heavy (non-hydrogen) atoms. The van der Waals surface area contributed by atoms with Crippen molar-refractivity contribution in [2.24, 2.45) is 0 Å².